The summed E-state index contributed by atoms with van der Waals surface area (Å²) in [6.07, 6.45) is 6.59. The fourth-order valence-corrected chi connectivity index (χ4v) is 6.02. The van der Waals surface area contributed by atoms with Crippen LogP contribution in [-0.4, -0.2) is 64.9 Å². The van der Waals surface area contributed by atoms with Crippen LogP contribution in [0.4, 0.5) is 4.79 Å². The van der Waals surface area contributed by atoms with E-state index in [2.05, 4.69) is 9.97 Å². The molecule has 2 N–H and O–H groups in total. The van der Waals surface area contributed by atoms with Gasteiger partial charge < -0.3 is 24.8 Å². The summed E-state index contributed by atoms with van der Waals surface area (Å²) in [7, 11) is 1.81. The fourth-order valence-electron chi connectivity index (χ4n) is 4.79. The van der Waals surface area contributed by atoms with Crippen LogP contribution in [-0.2, 0) is 20.7 Å². The number of rotatable bonds is 7. The van der Waals surface area contributed by atoms with Gasteiger partial charge in [0.05, 0.1) is 12.0 Å². The van der Waals surface area contributed by atoms with Gasteiger partial charge in [0, 0.05) is 23.9 Å². The van der Waals surface area contributed by atoms with Crippen LogP contribution in [0.5, 0.6) is 5.88 Å². The summed E-state index contributed by atoms with van der Waals surface area (Å²) >= 11 is 1.68. The first-order chi connectivity index (χ1) is 16.1. The molecule has 0 radical (unpaired) electrons. The zero-order valence-electron chi connectivity index (χ0n) is 20.3. The molecule has 4 rings (SSSR count). The summed E-state index contributed by atoms with van der Waals surface area (Å²) in [5.74, 6) is 0.330. The summed E-state index contributed by atoms with van der Waals surface area (Å²) in [5.41, 5.74) is 5.90. The average Bonchev–Trinajstić information content (AvgIpc) is 3.32. The molecule has 2 aliphatic rings. The van der Waals surface area contributed by atoms with Crippen molar-refractivity contribution >= 4 is 33.6 Å². The van der Waals surface area contributed by atoms with Crippen LogP contribution >= 0.6 is 11.3 Å². The van der Waals surface area contributed by atoms with Gasteiger partial charge in [0.25, 0.3) is 0 Å². The molecule has 2 aliphatic carbocycles. The molecule has 0 spiro atoms. The lowest BCUT2D eigenvalue weighted by atomic mass is 9.92. The number of carbonyl (C=O) groups is 2. The molecule has 2 aromatic heterocycles. The minimum atomic E-state index is -0.506. The zero-order valence-corrected chi connectivity index (χ0v) is 21.2. The van der Waals surface area contributed by atoms with Gasteiger partial charge in [0.15, 0.2) is 0 Å². The quantitative estimate of drug-likeness (QED) is 0.628. The molecule has 0 saturated heterocycles. The minimum Gasteiger partial charge on any atom is -0.474 e. The Morgan fingerprint density at radius 2 is 1.91 bits per heavy atom. The van der Waals surface area contributed by atoms with Gasteiger partial charge in [0.2, 0.25) is 11.8 Å². The van der Waals surface area contributed by atoms with Crippen molar-refractivity contribution in [3.63, 3.8) is 0 Å². The summed E-state index contributed by atoms with van der Waals surface area (Å²) in [4.78, 5) is 36.4. The van der Waals surface area contributed by atoms with Crippen molar-refractivity contribution in [3.8, 4) is 5.88 Å². The second kappa shape index (κ2) is 10.0. The van der Waals surface area contributed by atoms with Crippen LogP contribution < -0.4 is 10.5 Å². The highest BCUT2D eigenvalue weighted by Gasteiger charge is 2.33. The second-order valence-corrected chi connectivity index (χ2v) is 11.2. The molecule has 2 heterocycles. The van der Waals surface area contributed by atoms with Crippen LogP contribution in [0, 0.1) is 0 Å². The lowest BCUT2D eigenvalue weighted by molar-refractivity contribution is -0.122. The number of primary amides is 1. The highest BCUT2D eigenvalue weighted by Crippen LogP contribution is 2.46. The molecule has 2 amide bonds. The summed E-state index contributed by atoms with van der Waals surface area (Å²) in [6.45, 7) is 6.00. The number of amides is 2. The topological polar surface area (TPSA) is 117 Å². The van der Waals surface area contributed by atoms with Crippen molar-refractivity contribution in [2.75, 3.05) is 20.3 Å². The largest absolute Gasteiger partial charge is 0.474 e. The molecular formula is C24H34N4O5S. The van der Waals surface area contributed by atoms with Crippen molar-refractivity contribution in [2.24, 2.45) is 5.73 Å². The van der Waals surface area contributed by atoms with Crippen LogP contribution in [0.15, 0.2) is 6.33 Å². The standard InChI is InChI=1S/C24H34N4O5S/c1-24(2,3)33-23(30)28(4)15-6-8-16(9-7-15)32-21-20-19-14(11-31-12-18(25)29)5-10-17(19)34-22(20)27-13-26-21/h13-16H,5-12H2,1-4H3,(H2,25,29)/t14-,15?,16?/m1/s1. The van der Waals surface area contributed by atoms with E-state index < -0.39 is 11.5 Å². The molecule has 2 aromatic rings. The number of carbonyl (C=O) groups excluding carboxylic acids is 2. The van der Waals surface area contributed by atoms with Gasteiger partial charge in [-0.25, -0.2) is 14.8 Å². The molecule has 0 aliphatic heterocycles. The maximum absolute atomic E-state index is 12.4. The zero-order chi connectivity index (χ0) is 24.5. The van der Waals surface area contributed by atoms with Crippen LogP contribution in [0.2, 0.25) is 0 Å². The maximum Gasteiger partial charge on any atom is 0.410 e. The van der Waals surface area contributed by atoms with Crippen molar-refractivity contribution in [3.05, 3.63) is 16.8 Å². The third kappa shape index (κ3) is 5.60. The number of fused-ring (bicyclic) bond motifs is 3. The summed E-state index contributed by atoms with van der Waals surface area (Å²) < 4.78 is 17.5. The van der Waals surface area contributed by atoms with E-state index in [4.69, 9.17) is 19.9 Å². The van der Waals surface area contributed by atoms with E-state index in [1.807, 2.05) is 27.8 Å². The predicted molar refractivity (Wildman–Crippen MR) is 129 cm³/mol. The Labute approximate surface area is 204 Å². The highest BCUT2D eigenvalue weighted by atomic mass is 32.1. The summed E-state index contributed by atoms with van der Waals surface area (Å²) in [5, 5.41) is 0.973. The molecule has 0 bridgehead atoms. The molecule has 0 aromatic carbocycles. The Bertz CT molecular complexity index is 1040. The van der Waals surface area contributed by atoms with Crippen molar-refractivity contribution < 1.29 is 23.8 Å². The van der Waals surface area contributed by atoms with Crippen molar-refractivity contribution in [1.29, 1.82) is 0 Å². The van der Waals surface area contributed by atoms with Gasteiger partial charge in [-0.3, -0.25) is 4.79 Å². The molecule has 34 heavy (non-hydrogen) atoms. The molecule has 0 unspecified atom stereocenters. The summed E-state index contributed by atoms with van der Waals surface area (Å²) in [6, 6.07) is 0.136. The highest BCUT2D eigenvalue weighted by molar-refractivity contribution is 7.19. The third-order valence-electron chi connectivity index (χ3n) is 6.41. The SMILES string of the molecule is CN(C(=O)OC(C)(C)C)C1CCC(Oc2ncnc3sc4c(c23)[C@@H](COCC(N)=O)CC4)CC1. The molecule has 9 nitrogen and oxygen atoms in total. The van der Waals surface area contributed by atoms with E-state index >= 15 is 0 Å². The number of hydrogen-bond donors (Lipinski definition) is 1. The lowest BCUT2D eigenvalue weighted by Gasteiger charge is -2.35. The van der Waals surface area contributed by atoms with Crippen LogP contribution in [0.1, 0.15) is 69.2 Å². The van der Waals surface area contributed by atoms with E-state index in [1.165, 1.54) is 10.4 Å². The smallest absolute Gasteiger partial charge is 0.410 e. The van der Waals surface area contributed by atoms with Crippen molar-refractivity contribution in [2.45, 2.75) is 83.0 Å². The van der Waals surface area contributed by atoms with Gasteiger partial charge in [0.1, 0.15) is 29.5 Å². The Morgan fingerprint density at radius 3 is 2.59 bits per heavy atom. The molecular weight excluding hydrogens is 456 g/mol. The predicted octanol–water partition coefficient (Wildman–Crippen LogP) is 3.78. The Kier molecular flexibility index (Phi) is 7.28. The molecule has 10 heteroatoms. The minimum absolute atomic E-state index is 0.0305. The molecule has 186 valence electrons. The van der Waals surface area contributed by atoms with E-state index in [0.717, 1.165) is 48.7 Å². The average molecular weight is 491 g/mol. The van der Waals surface area contributed by atoms with Gasteiger partial charge in [-0.15, -0.1) is 11.3 Å². The first-order valence-electron chi connectivity index (χ1n) is 11.9. The van der Waals surface area contributed by atoms with E-state index in [1.54, 1.807) is 22.6 Å². The van der Waals surface area contributed by atoms with E-state index in [-0.39, 0.29) is 30.8 Å². The van der Waals surface area contributed by atoms with Gasteiger partial charge in [-0.1, -0.05) is 0 Å². The Hall–Kier alpha value is -2.46. The van der Waals surface area contributed by atoms with Gasteiger partial charge in [-0.05, 0) is 64.9 Å². The van der Waals surface area contributed by atoms with Crippen LogP contribution in [0.25, 0.3) is 10.2 Å². The number of ether oxygens (including phenoxy) is 3. The Balaban J connectivity index is 1.42. The van der Waals surface area contributed by atoms with Crippen LogP contribution in [0.3, 0.4) is 0 Å². The Morgan fingerprint density at radius 1 is 1.18 bits per heavy atom. The fraction of sp³-hybridized carbons (Fsp3) is 0.667. The lowest BCUT2D eigenvalue weighted by Crippen LogP contribution is -2.43. The third-order valence-corrected chi connectivity index (χ3v) is 7.58. The monoisotopic (exact) mass is 490 g/mol. The number of aryl methyl sites for hydroxylation is 1. The molecule has 1 atom stereocenters. The second-order valence-electron chi connectivity index (χ2n) is 10.2. The van der Waals surface area contributed by atoms with E-state index in [9.17, 15) is 9.59 Å². The van der Waals surface area contributed by atoms with Gasteiger partial charge in [-0.2, -0.15) is 0 Å². The van der Waals surface area contributed by atoms with Gasteiger partial charge >= 0.3 is 6.09 Å². The molecule has 1 saturated carbocycles. The maximum atomic E-state index is 12.4. The first kappa shape index (κ1) is 24.7. The molecule has 1 fully saturated rings. The number of thiophene rings is 1. The van der Waals surface area contributed by atoms with E-state index in [0.29, 0.717) is 12.5 Å². The normalized spacial score (nSPS) is 22.4. The van der Waals surface area contributed by atoms with Crippen molar-refractivity contribution in [1.82, 2.24) is 14.9 Å². The number of nitrogens with zero attached hydrogens (tertiary/aromatic N) is 3. The number of aromatic nitrogens is 2. The number of hydrogen-bond acceptors (Lipinski definition) is 8. The first-order valence-corrected chi connectivity index (χ1v) is 12.7. The number of nitrogens with two attached hydrogens (primary N) is 1.